The van der Waals surface area contributed by atoms with Gasteiger partial charge in [-0.1, -0.05) is 0 Å². The van der Waals surface area contributed by atoms with E-state index in [9.17, 15) is 9.59 Å². The highest BCUT2D eigenvalue weighted by molar-refractivity contribution is 5.86. The molecule has 0 amide bonds. The van der Waals surface area contributed by atoms with Gasteiger partial charge < -0.3 is 9.15 Å². The van der Waals surface area contributed by atoms with E-state index in [1.54, 1.807) is 6.92 Å². The maximum absolute atomic E-state index is 11.9. The van der Waals surface area contributed by atoms with Gasteiger partial charge in [0.15, 0.2) is 11.9 Å². The van der Waals surface area contributed by atoms with E-state index in [2.05, 4.69) is 0 Å². The Labute approximate surface area is 129 Å². The molecule has 1 aliphatic carbocycles. The molecule has 22 heavy (non-hydrogen) atoms. The molecule has 0 unspecified atom stereocenters. The average molecular weight is 300 g/mol. The number of ketones is 1. The van der Waals surface area contributed by atoms with Gasteiger partial charge in [-0.25, -0.2) is 4.79 Å². The number of hydrogen-bond donors (Lipinski definition) is 0. The maximum atomic E-state index is 11.9. The molecule has 1 aliphatic rings. The first-order chi connectivity index (χ1) is 10.5. The van der Waals surface area contributed by atoms with E-state index in [4.69, 9.17) is 9.15 Å². The zero-order valence-electron chi connectivity index (χ0n) is 13.2. The molecule has 1 saturated carbocycles. The largest absolute Gasteiger partial charge is 0.482 e. The van der Waals surface area contributed by atoms with E-state index in [-0.39, 0.29) is 17.5 Å². The van der Waals surface area contributed by atoms with Gasteiger partial charge in [0, 0.05) is 22.9 Å². The molecule has 1 atom stereocenters. The highest BCUT2D eigenvalue weighted by Crippen LogP contribution is 2.31. The lowest BCUT2D eigenvalue weighted by Gasteiger charge is -2.23. The minimum atomic E-state index is -0.372. The summed E-state index contributed by atoms with van der Waals surface area (Å²) >= 11 is 0. The molecule has 4 nitrogen and oxygen atoms in total. The number of fused-ring (bicyclic) bond motifs is 1. The molecule has 4 heteroatoms. The van der Waals surface area contributed by atoms with Crippen molar-refractivity contribution < 1.29 is 13.9 Å². The molecule has 2 aromatic rings. The summed E-state index contributed by atoms with van der Waals surface area (Å²) in [7, 11) is 0. The number of hydrogen-bond acceptors (Lipinski definition) is 4. The molecule has 1 heterocycles. The second kappa shape index (κ2) is 5.59. The van der Waals surface area contributed by atoms with Crippen LogP contribution in [0.25, 0.3) is 11.0 Å². The van der Waals surface area contributed by atoms with Crippen LogP contribution in [0.1, 0.15) is 42.4 Å². The Morgan fingerprint density at radius 1 is 1.05 bits per heavy atom. The maximum Gasteiger partial charge on any atom is 0.339 e. The Morgan fingerprint density at radius 3 is 2.55 bits per heavy atom. The number of aryl methyl sites for hydroxylation is 2. The van der Waals surface area contributed by atoms with Crippen LogP contribution in [-0.2, 0) is 4.79 Å². The monoisotopic (exact) mass is 300 g/mol. The van der Waals surface area contributed by atoms with E-state index in [1.165, 1.54) is 0 Å². The average Bonchev–Trinajstić information content (AvgIpc) is 2.50. The Morgan fingerprint density at radius 2 is 1.82 bits per heavy atom. The topological polar surface area (TPSA) is 56.5 Å². The highest BCUT2D eigenvalue weighted by atomic mass is 16.5. The Hall–Kier alpha value is -2.10. The molecule has 1 aromatic carbocycles. The molecule has 0 spiro atoms. The fraction of sp³-hybridized carbons (Fsp3) is 0.444. The SMILES string of the molecule is Cc1c(C)c2ccc(O[C@H]3CCCCC3=O)c(C)c2oc1=O. The van der Waals surface area contributed by atoms with Crippen LogP contribution in [0.15, 0.2) is 21.3 Å². The van der Waals surface area contributed by atoms with Gasteiger partial charge in [0.25, 0.3) is 0 Å². The Kier molecular flexibility index (Phi) is 3.77. The van der Waals surface area contributed by atoms with Crippen molar-refractivity contribution in [3.05, 3.63) is 39.2 Å². The van der Waals surface area contributed by atoms with E-state index in [0.717, 1.165) is 35.8 Å². The van der Waals surface area contributed by atoms with Gasteiger partial charge in [0.05, 0.1) is 0 Å². The van der Waals surface area contributed by atoms with E-state index in [1.807, 2.05) is 26.0 Å². The van der Waals surface area contributed by atoms with Gasteiger partial charge >= 0.3 is 5.63 Å². The van der Waals surface area contributed by atoms with Crippen molar-refractivity contribution >= 4 is 16.8 Å². The molecule has 116 valence electrons. The van der Waals surface area contributed by atoms with Crippen LogP contribution in [0.3, 0.4) is 0 Å². The van der Waals surface area contributed by atoms with Gasteiger partial charge in [-0.05, 0) is 57.7 Å². The highest BCUT2D eigenvalue weighted by Gasteiger charge is 2.25. The summed E-state index contributed by atoms with van der Waals surface area (Å²) in [6, 6.07) is 3.77. The molecule has 0 N–H and O–H groups in total. The van der Waals surface area contributed by atoms with Crippen LogP contribution < -0.4 is 10.4 Å². The van der Waals surface area contributed by atoms with E-state index in [0.29, 0.717) is 23.3 Å². The van der Waals surface area contributed by atoms with Gasteiger partial charge in [0.2, 0.25) is 0 Å². The normalized spacial score (nSPS) is 18.7. The first kappa shape index (κ1) is 14.8. The summed E-state index contributed by atoms with van der Waals surface area (Å²) in [4.78, 5) is 23.8. The number of benzene rings is 1. The predicted molar refractivity (Wildman–Crippen MR) is 84.6 cm³/mol. The standard InChI is InChI=1S/C18H20O4/c1-10-11(2)18(20)22-17-12(3)15(9-8-13(10)17)21-16-7-5-4-6-14(16)19/h8-9,16H,4-7H2,1-3H3/t16-/m0/s1. The first-order valence-electron chi connectivity index (χ1n) is 7.72. The van der Waals surface area contributed by atoms with Crippen molar-refractivity contribution in [3.8, 4) is 5.75 Å². The summed E-state index contributed by atoms with van der Waals surface area (Å²) < 4.78 is 11.3. The van der Waals surface area contributed by atoms with Gasteiger partial charge in [-0.15, -0.1) is 0 Å². The predicted octanol–water partition coefficient (Wildman–Crippen LogP) is 3.61. The zero-order chi connectivity index (χ0) is 15.9. The van der Waals surface area contributed by atoms with Crippen LogP contribution >= 0.6 is 0 Å². The number of Topliss-reactive ketones (excluding diaryl/α,β-unsaturated/α-hetero) is 1. The van der Waals surface area contributed by atoms with Crippen LogP contribution in [0.4, 0.5) is 0 Å². The number of rotatable bonds is 2. The number of carbonyl (C=O) groups is 1. The molecule has 1 fully saturated rings. The summed E-state index contributed by atoms with van der Waals surface area (Å²) in [5.74, 6) is 0.784. The lowest BCUT2D eigenvalue weighted by atomic mass is 9.96. The van der Waals surface area contributed by atoms with Crippen molar-refractivity contribution in [2.75, 3.05) is 0 Å². The minimum absolute atomic E-state index is 0.160. The van der Waals surface area contributed by atoms with E-state index >= 15 is 0 Å². The van der Waals surface area contributed by atoms with Gasteiger partial charge in [0.1, 0.15) is 11.3 Å². The van der Waals surface area contributed by atoms with Crippen LogP contribution in [0, 0.1) is 20.8 Å². The Bertz CT molecular complexity index is 801. The molecule has 0 radical (unpaired) electrons. The van der Waals surface area contributed by atoms with Crippen LogP contribution in [0.2, 0.25) is 0 Å². The van der Waals surface area contributed by atoms with Crippen molar-refractivity contribution in [3.63, 3.8) is 0 Å². The summed E-state index contributed by atoms with van der Waals surface area (Å²) in [5.41, 5.74) is 2.56. The van der Waals surface area contributed by atoms with Crippen molar-refractivity contribution in [2.24, 2.45) is 0 Å². The summed E-state index contributed by atoms with van der Waals surface area (Å²) in [5, 5.41) is 0.914. The van der Waals surface area contributed by atoms with Gasteiger partial charge in [-0.3, -0.25) is 4.79 Å². The third-order valence-electron chi connectivity index (χ3n) is 4.59. The van der Waals surface area contributed by atoms with Crippen LogP contribution in [-0.4, -0.2) is 11.9 Å². The van der Waals surface area contributed by atoms with Crippen molar-refractivity contribution in [1.29, 1.82) is 0 Å². The van der Waals surface area contributed by atoms with Crippen molar-refractivity contribution in [1.82, 2.24) is 0 Å². The molecular weight excluding hydrogens is 280 g/mol. The summed E-state index contributed by atoms with van der Waals surface area (Å²) in [6.45, 7) is 5.54. The quantitative estimate of drug-likeness (QED) is 0.795. The third kappa shape index (κ3) is 2.43. The lowest BCUT2D eigenvalue weighted by molar-refractivity contribution is -0.127. The smallest absolute Gasteiger partial charge is 0.339 e. The fourth-order valence-corrected chi connectivity index (χ4v) is 2.98. The van der Waals surface area contributed by atoms with Crippen molar-refractivity contribution in [2.45, 2.75) is 52.6 Å². The summed E-state index contributed by atoms with van der Waals surface area (Å²) in [6.07, 6.45) is 2.93. The zero-order valence-corrected chi connectivity index (χ0v) is 13.2. The Balaban J connectivity index is 2.05. The van der Waals surface area contributed by atoms with Crippen LogP contribution in [0.5, 0.6) is 5.75 Å². The molecule has 0 saturated heterocycles. The second-order valence-electron chi connectivity index (χ2n) is 6.02. The fourth-order valence-electron chi connectivity index (χ4n) is 2.98. The molecule has 0 aliphatic heterocycles. The molecular formula is C18H20O4. The minimum Gasteiger partial charge on any atom is -0.482 e. The van der Waals surface area contributed by atoms with E-state index < -0.39 is 0 Å². The number of carbonyl (C=O) groups excluding carboxylic acids is 1. The number of ether oxygens (including phenoxy) is 1. The first-order valence-corrected chi connectivity index (χ1v) is 7.72. The lowest BCUT2D eigenvalue weighted by Crippen LogP contribution is -2.30. The molecule has 3 rings (SSSR count). The third-order valence-corrected chi connectivity index (χ3v) is 4.59. The second-order valence-corrected chi connectivity index (χ2v) is 6.02. The van der Waals surface area contributed by atoms with Gasteiger partial charge in [-0.2, -0.15) is 0 Å². The molecule has 1 aromatic heterocycles. The molecule has 0 bridgehead atoms.